The summed E-state index contributed by atoms with van der Waals surface area (Å²) < 4.78 is 5.84. The van der Waals surface area contributed by atoms with Gasteiger partial charge in [-0.05, 0) is 37.0 Å². The number of amides is 1. The van der Waals surface area contributed by atoms with Crippen LogP contribution in [0.1, 0.15) is 18.4 Å². The van der Waals surface area contributed by atoms with Crippen LogP contribution in [0.2, 0.25) is 0 Å². The Morgan fingerprint density at radius 2 is 2.09 bits per heavy atom. The number of hydrogen-bond acceptors (Lipinski definition) is 3. The van der Waals surface area contributed by atoms with Crippen LogP contribution in [0, 0.1) is 6.92 Å². The van der Waals surface area contributed by atoms with E-state index in [0.29, 0.717) is 12.4 Å². The molecule has 0 aliphatic heterocycles. The smallest absolute Gasteiger partial charge is 0.407 e. The Morgan fingerprint density at radius 1 is 1.35 bits per heavy atom. The summed E-state index contributed by atoms with van der Waals surface area (Å²) in [5.41, 5.74) is 2.91. The van der Waals surface area contributed by atoms with E-state index < -0.39 is 6.09 Å². The summed E-state index contributed by atoms with van der Waals surface area (Å²) >= 11 is 0. The second kappa shape index (κ2) is 5.91. The second-order valence-corrected chi connectivity index (χ2v) is 6.08. The molecule has 0 atom stereocenters. The maximum absolute atomic E-state index is 11.1. The summed E-state index contributed by atoms with van der Waals surface area (Å²) in [4.78, 5) is 16.7. The fourth-order valence-corrected chi connectivity index (χ4v) is 2.68. The van der Waals surface area contributed by atoms with E-state index in [4.69, 9.17) is 9.84 Å². The number of rotatable bonds is 5. The molecule has 1 aromatic carbocycles. The van der Waals surface area contributed by atoms with Gasteiger partial charge in [-0.1, -0.05) is 24.3 Å². The minimum atomic E-state index is -0.919. The molecule has 0 spiro atoms. The molecular formula is C18H20N2O3. The normalized spacial score (nSPS) is 15.0. The Hall–Kier alpha value is -2.56. The van der Waals surface area contributed by atoms with Crippen molar-refractivity contribution in [2.45, 2.75) is 25.3 Å². The molecule has 5 heteroatoms. The number of carbonyl (C=O) groups is 1. The van der Waals surface area contributed by atoms with E-state index in [9.17, 15) is 4.79 Å². The highest BCUT2D eigenvalue weighted by molar-refractivity contribution is 5.67. The largest absolute Gasteiger partial charge is 0.490 e. The number of pyridine rings is 1. The highest BCUT2D eigenvalue weighted by Crippen LogP contribution is 2.41. The van der Waals surface area contributed by atoms with Gasteiger partial charge in [0.05, 0.1) is 11.7 Å². The van der Waals surface area contributed by atoms with Gasteiger partial charge in [0.1, 0.15) is 12.4 Å². The van der Waals surface area contributed by atoms with Crippen LogP contribution < -0.4 is 4.74 Å². The van der Waals surface area contributed by atoms with E-state index in [1.165, 1.54) is 10.5 Å². The summed E-state index contributed by atoms with van der Waals surface area (Å²) in [6.45, 7) is 2.42. The third kappa shape index (κ3) is 3.13. The summed E-state index contributed by atoms with van der Waals surface area (Å²) in [6.07, 6.45) is 4.23. The van der Waals surface area contributed by atoms with Crippen LogP contribution in [0.4, 0.5) is 4.79 Å². The van der Waals surface area contributed by atoms with Gasteiger partial charge >= 0.3 is 6.09 Å². The zero-order valence-corrected chi connectivity index (χ0v) is 13.3. The fraction of sp³-hybridized carbons (Fsp3) is 0.333. The van der Waals surface area contributed by atoms with Crippen molar-refractivity contribution >= 4 is 6.09 Å². The van der Waals surface area contributed by atoms with E-state index in [-0.39, 0.29) is 5.54 Å². The molecule has 0 radical (unpaired) electrons. The molecule has 0 saturated heterocycles. The third-order valence-corrected chi connectivity index (χ3v) is 4.50. The molecule has 23 heavy (non-hydrogen) atoms. The molecule has 1 amide bonds. The van der Waals surface area contributed by atoms with Crippen molar-refractivity contribution < 1.29 is 14.6 Å². The van der Waals surface area contributed by atoms with Crippen molar-refractivity contribution in [1.29, 1.82) is 0 Å². The van der Waals surface area contributed by atoms with Crippen LogP contribution >= 0.6 is 0 Å². The number of aromatic nitrogens is 1. The first-order valence-electron chi connectivity index (χ1n) is 7.62. The van der Waals surface area contributed by atoms with Gasteiger partial charge in [0, 0.05) is 18.8 Å². The van der Waals surface area contributed by atoms with Gasteiger partial charge in [-0.3, -0.25) is 4.98 Å². The Balaban J connectivity index is 1.74. The quantitative estimate of drug-likeness (QED) is 0.916. The molecule has 1 aliphatic rings. The maximum atomic E-state index is 11.1. The molecule has 1 aliphatic carbocycles. The molecule has 0 bridgehead atoms. The fourth-order valence-electron chi connectivity index (χ4n) is 2.68. The number of ether oxygens (including phenoxy) is 1. The molecule has 1 N–H and O–H groups in total. The number of aryl methyl sites for hydroxylation is 1. The maximum Gasteiger partial charge on any atom is 0.407 e. The lowest BCUT2D eigenvalue weighted by molar-refractivity contribution is 0.109. The molecule has 1 heterocycles. The number of hydrogen-bond donors (Lipinski definition) is 1. The number of benzene rings is 1. The summed E-state index contributed by atoms with van der Waals surface area (Å²) in [7, 11) is 1.60. The first kappa shape index (κ1) is 15.3. The van der Waals surface area contributed by atoms with Gasteiger partial charge < -0.3 is 14.7 Å². The summed E-state index contributed by atoms with van der Waals surface area (Å²) in [6, 6.07) is 10.1. The summed E-state index contributed by atoms with van der Waals surface area (Å²) in [5, 5.41) is 9.14. The van der Waals surface area contributed by atoms with E-state index >= 15 is 0 Å². The van der Waals surface area contributed by atoms with E-state index in [2.05, 4.69) is 24.0 Å². The lowest BCUT2D eigenvalue weighted by Crippen LogP contribution is -2.42. The van der Waals surface area contributed by atoms with Crippen molar-refractivity contribution in [1.82, 2.24) is 9.88 Å². The molecule has 0 unspecified atom stereocenters. The molecule has 5 nitrogen and oxygen atoms in total. The molecule has 120 valence electrons. The number of nitrogens with zero attached hydrogens (tertiary/aromatic N) is 2. The van der Waals surface area contributed by atoms with Crippen molar-refractivity contribution in [3.63, 3.8) is 0 Å². The molecule has 1 saturated carbocycles. The van der Waals surface area contributed by atoms with Gasteiger partial charge in [-0.15, -0.1) is 0 Å². The summed E-state index contributed by atoms with van der Waals surface area (Å²) in [5.74, 6) is 0.663. The van der Waals surface area contributed by atoms with Crippen LogP contribution in [0.5, 0.6) is 5.75 Å². The highest BCUT2D eigenvalue weighted by Gasteiger charge is 2.49. The van der Waals surface area contributed by atoms with Crippen LogP contribution in [-0.2, 0) is 0 Å². The first-order chi connectivity index (χ1) is 11.0. The van der Waals surface area contributed by atoms with E-state index in [1.807, 2.05) is 24.4 Å². The SMILES string of the molecule is Cc1ccccc1-c1cncc(OCC2(N(C)C(=O)O)CC2)c1. The number of likely N-dealkylation sites (N-methyl/N-ethyl adjacent to an activating group) is 1. The van der Waals surface area contributed by atoms with Gasteiger partial charge in [0.2, 0.25) is 0 Å². The van der Waals surface area contributed by atoms with Crippen molar-refractivity contribution in [3.05, 3.63) is 48.3 Å². The van der Waals surface area contributed by atoms with Crippen LogP contribution in [-0.4, -0.2) is 40.3 Å². The Bertz CT molecular complexity index is 726. The molecule has 1 aromatic heterocycles. The number of carboxylic acid groups (broad SMARTS) is 1. The van der Waals surface area contributed by atoms with Crippen molar-refractivity contribution in [2.75, 3.05) is 13.7 Å². The Morgan fingerprint density at radius 3 is 2.74 bits per heavy atom. The zero-order valence-electron chi connectivity index (χ0n) is 13.3. The van der Waals surface area contributed by atoms with Crippen LogP contribution in [0.3, 0.4) is 0 Å². The van der Waals surface area contributed by atoms with Gasteiger partial charge in [0.15, 0.2) is 0 Å². The molecular weight excluding hydrogens is 292 g/mol. The zero-order chi connectivity index (χ0) is 16.4. The minimum absolute atomic E-state index is 0.356. The Labute approximate surface area is 135 Å². The lowest BCUT2D eigenvalue weighted by Gasteiger charge is -2.25. The van der Waals surface area contributed by atoms with E-state index in [1.54, 1.807) is 13.2 Å². The minimum Gasteiger partial charge on any atom is -0.490 e. The van der Waals surface area contributed by atoms with Crippen molar-refractivity contribution in [3.8, 4) is 16.9 Å². The standard InChI is InChI=1S/C18H20N2O3/c1-13-5-3-4-6-16(13)14-9-15(11-19-10-14)23-12-18(7-8-18)20(2)17(21)22/h3-6,9-11H,7-8,12H2,1-2H3,(H,21,22). The molecule has 1 fully saturated rings. The topological polar surface area (TPSA) is 62.7 Å². The average Bonchev–Trinajstić information content (AvgIpc) is 3.34. The monoisotopic (exact) mass is 312 g/mol. The van der Waals surface area contributed by atoms with E-state index in [0.717, 1.165) is 24.0 Å². The van der Waals surface area contributed by atoms with Gasteiger partial charge in [0.25, 0.3) is 0 Å². The molecule has 3 rings (SSSR count). The third-order valence-electron chi connectivity index (χ3n) is 4.50. The van der Waals surface area contributed by atoms with Gasteiger partial charge in [-0.2, -0.15) is 0 Å². The molecule has 2 aromatic rings. The lowest BCUT2D eigenvalue weighted by atomic mass is 10.0. The van der Waals surface area contributed by atoms with Crippen molar-refractivity contribution in [2.24, 2.45) is 0 Å². The highest BCUT2D eigenvalue weighted by atomic mass is 16.5. The predicted molar refractivity (Wildman–Crippen MR) is 87.7 cm³/mol. The predicted octanol–water partition coefficient (Wildman–Crippen LogP) is 3.58. The Kier molecular flexibility index (Phi) is 3.94. The van der Waals surface area contributed by atoms with Gasteiger partial charge in [-0.25, -0.2) is 4.79 Å². The van der Waals surface area contributed by atoms with Crippen LogP contribution in [0.15, 0.2) is 42.7 Å². The average molecular weight is 312 g/mol. The first-order valence-corrected chi connectivity index (χ1v) is 7.62. The second-order valence-electron chi connectivity index (χ2n) is 6.08. The van der Waals surface area contributed by atoms with Crippen LogP contribution in [0.25, 0.3) is 11.1 Å².